The number of hydrogen-bond donors (Lipinski definition) is 2. The minimum atomic E-state index is -0.751. The molecule has 1 fully saturated rings. The lowest BCUT2D eigenvalue weighted by molar-refractivity contribution is -0.120. The molecule has 5 heteroatoms. The molecule has 2 rings (SSSR count). The van der Waals surface area contributed by atoms with Crippen molar-refractivity contribution in [3.63, 3.8) is 0 Å². The van der Waals surface area contributed by atoms with Crippen LogP contribution < -0.4 is 11.1 Å². The lowest BCUT2D eigenvalue weighted by atomic mass is 9.95. The van der Waals surface area contributed by atoms with Crippen LogP contribution in [0.2, 0.25) is 0 Å². The summed E-state index contributed by atoms with van der Waals surface area (Å²) in [4.78, 5) is 12.1. The van der Waals surface area contributed by atoms with Gasteiger partial charge >= 0.3 is 0 Å². The van der Waals surface area contributed by atoms with Gasteiger partial charge < -0.3 is 11.1 Å². The summed E-state index contributed by atoms with van der Waals surface area (Å²) in [5.74, 6) is -1.94. The number of halogens is 2. The van der Waals surface area contributed by atoms with Crippen molar-refractivity contribution in [1.29, 1.82) is 0 Å². The standard InChI is InChI=1S/C14H18F2N2O/c1-8-5-6-11(15)13(12(8)16)18-14(19)10-4-2-3-9(10)7-17/h5-6,9-10H,2-4,7,17H2,1H3,(H,18,19). The van der Waals surface area contributed by atoms with Gasteiger partial charge in [-0.3, -0.25) is 4.79 Å². The number of nitrogens with one attached hydrogen (secondary N) is 1. The van der Waals surface area contributed by atoms with Crippen molar-refractivity contribution >= 4 is 11.6 Å². The highest BCUT2D eigenvalue weighted by molar-refractivity contribution is 5.93. The number of benzene rings is 1. The Morgan fingerprint density at radius 2 is 2.16 bits per heavy atom. The molecule has 1 aromatic carbocycles. The number of anilines is 1. The van der Waals surface area contributed by atoms with Gasteiger partial charge in [-0.25, -0.2) is 8.78 Å². The van der Waals surface area contributed by atoms with Gasteiger partial charge in [0.1, 0.15) is 11.5 Å². The van der Waals surface area contributed by atoms with Crippen molar-refractivity contribution < 1.29 is 13.6 Å². The van der Waals surface area contributed by atoms with E-state index in [1.165, 1.54) is 13.0 Å². The van der Waals surface area contributed by atoms with Crippen LogP contribution in [0.5, 0.6) is 0 Å². The molecule has 0 radical (unpaired) electrons. The van der Waals surface area contributed by atoms with E-state index in [1.807, 2.05) is 0 Å². The van der Waals surface area contributed by atoms with Crippen molar-refractivity contribution in [2.24, 2.45) is 17.6 Å². The molecule has 1 aliphatic carbocycles. The molecule has 1 aromatic rings. The van der Waals surface area contributed by atoms with Crippen molar-refractivity contribution in [2.45, 2.75) is 26.2 Å². The summed E-state index contributed by atoms with van der Waals surface area (Å²) in [6.45, 7) is 1.96. The van der Waals surface area contributed by atoms with Gasteiger partial charge in [-0.1, -0.05) is 12.5 Å². The predicted octanol–water partition coefficient (Wildman–Crippen LogP) is 2.59. The first-order valence-electron chi connectivity index (χ1n) is 6.50. The largest absolute Gasteiger partial charge is 0.330 e. The van der Waals surface area contributed by atoms with Gasteiger partial charge in [0.25, 0.3) is 0 Å². The Labute approximate surface area is 111 Å². The topological polar surface area (TPSA) is 55.1 Å². The average molecular weight is 268 g/mol. The molecule has 2 unspecified atom stereocenters. The van der Waals surface area contributed by atoms with E-state index in [1.54, 1.807) is 0 Å². The van der Waals surface area contributed by atoms with Crippen LogP contribution in [0.1, 0.15) is 24.8 Å². The normalized spacial score (nSPS) is 22.5. The molecule has 3 nitrogen and oxygen atoms in total. The second-order valence-electron chi connectivity index (χ2n) is 5.08. The number of carbonyl (C=O) groups is 1. The Balaban J connectivity index is 2.17. The van der Waals surface area contributed by atoms with Crippen LogP contribution in [0.4, 0.5) is 14.5 Å². The summed E-state index contributed by atoms with van der Waals surface area (Å²) < 4.78 is 27.4. The van der Waals surface area contributed by atoms with Gasteiger partial charge in [0.2, 0.25) is 5.91 Å². The number of amides is 1. The molecule has 0 spiro atoms. The molecule has 104 valence electrons. The second-order valence-corrected chi connectivity index (χ2v) is 5.08. The van der Waals surface area contributed by atoms with E-state index < -0.39 is 11.6 Å². The lowest BCUT2D eigenvalue weighted by Gasteiger charge is -2.18. The monoisotopic (exact) mass is 268 g/mol. The smallest absolute Gasteiger partial charge is 0.227 e. The summed E-state index contributed by atoms with van der Waals surface area (Å²) in [6.07, 6.45) is 2.55. The molecule has 1 amide bonds. The molecular weight excluding hydrogens is 250 g/mol. The van der Waals surface area contributed by atoms with Gasteiger partial charge in [0.15, 0.2) is 5.82 Å². The maximum Gasteiger partial charge on any atom is 0.227 e. The Bertz CT molecular complexity index is 491. The SMILES string of the molecule is Cc1ccc(F)c(NC(=O)C2CCCC2CN)c1F. The van der Waals surface area contributed by atoms with Crippen molar-refractivity contribution in [3.8, 4) is 0 Å². The van der Waals surface area contributed by atoms with Gasteiger partial charge in [0.05, 0.1) is 0 Å². The Morgan fingerprint density at radius 1 is 1.42 bits per heavy atom. The van der Waals surface area contributed by atoms with Crippen molar-refractivity contribution in [3.05, 3.63) is 29.3 Å². The number of nitrogens with two attached hydrogens (primary N) is 1. The fourth-order valence-electron chi connectivity index (χ4n) is 2.65. The second kappa shape index (κ2) is 5.65. The summed E-state index contributed by atoms with van der Waals surface area (Å²) >= 11 is 0. The summed E-state index contributed by atoms with van der Waals surface area (Å²) in [6, 6.07) is 2.50. The number of rotatable bonds is 3. The molecule has 0 bridgehead atoms. The predicted molar refractivity (Wildman–Crippen MR) is 69.6 cm³/mol. The number of hydrogen-bond acceptors (Lipinski definition) is 2. The summed E-state index contributed by atoms with van der Waals surface area (Å²) in [5.41, 5.74) is 5.56. The third-order valence-electron chi connectivity index (χ3n) is 3.83. The first kappa shape index (κ1) is 13.9. The first-order valence-corrected chi connectivity index (χ1v) is 6.50. The molecule has 2 atom stereocenters. The van der Waals surface area contributed by atoms with E-state index in [-0.39, 0.29) is 23.4 Å². The fraction of sp³-hybridized carbons (Fsp3) is 0.500. The van der Waals surface area contributed by atoms with Gasteiger partial charge in [0, 0.05) is 5.92 Å². The molecule has 0 aromatic heterocycles. The first-order chi connectivity index (χ1) is 9.04. The molecule has 3 N–H and O–H groups in total. The number of carbonyl (C=O) groups excluding carboxylic acids is 1. The minimum absolute atomic E-state index is 0.107. The lowest BCUT2D eigenvalue weighted by Crippen LogP contribution is -2.30. The molecular formula is C14H18F2N2O. The molecule has 19 heavy (non-hydrogen) atoms. The van der Waals surface area contributed by atoms with Gasteiger partial charge in [-0.15, -0.1) is 0 Å². The maximum absolute atomic E-state index is 13.8. The zero-order valence-electron chi connectivity index (χ0n) is 10.9. The maximum atomic E-state index is 13.8. The van der Waals surface area contributed by atoms with Crippen LogP contribution in [-0.2, 0) is 4.79 Å². The van der Waals surface area contributed by atoms with Crippen LogP contribution >= 0.6 is 0 Å². The van der Waals surface area contributed by atoms with Crippen LogP contribution in [0, 0.1) is 30.4 Å². The Morgan fingerprint density at radius 3 is 2.84 bits per heavy atom. The van der Waals surface area contributed by atoms with Crippen molar-refractivity contribution in [1.82, 2.24) is 0 Å². The zero-order valence-corrected chi connectivity index (χ0v) is 10.9. The highest BCUT2D eigenvalue weighted by Gasteiger charge is 2.32. The van der Waals surface area contributed by atoms with E-state index in [4.69, 9.17) is 5.73 Å². The average Bonchev–Trinajstić information content (AvgIpc) is 2.87. The third-order valence-corrected chi connectivity index (χ3v) is 3.83. The molecule has 0 saturated heterocycles. The molecule has 1 aliphatic rings. The van der Waals surface area contributed by atoms with Gasteiger partial charge in [-0.05, 0) is 43.9 Å². The van der Waals surface area contributed by atoms with Gasteiger partial charge in [-0.2, -0.15) is 0 Å². The van der Waals surface area contributed by atoms with E-state index >= 15 is 0 Å². The molecule has 0 heterocycles. The molecule has 1 saturated carbocycles. The zero-order chi connectivity index (χ0) is 14.0. The fourth-order valence-corrected chi connectivity index (χ4v) is 2.65. The Hall–Kier alpha value is -1.49. The Kier molecular flexibility index (Phi) is 4.14. The highest BCUT2D eigenvalue weighted by Crippen LogP contribution is 2.32. The van der Waals surface area contributed by atoms with E-state index in [0.717, 1.165) is 25.3 Å². The van der Waals surface area contributed by atoms with Crippen molar-refractivity contribution in [2.75, 3.05) is 11.9 Å². The number of aryl methyl sites for hydroxylation is 1. The summed E-state index contributed by atoms with van der Waals surface area (Å²) in [7, 11) is 0. The van der Waals surface area contributed by atoms with Crippen LogP contribution in [-0.4, -0.2) is 12.5 Å². The third kappa shape index (κ3) is 2.76. The minimum Gasteiger partial charge on any atom is -0.330 e. The van der Waals surface area contributed by atoms with Crippen LogP contribution in [0.3, 0.4) is 0 Å². The van der Waals surface area contributed by atoms with E-state index in [2.05, 4.69) is 5.32 Å². The van der Waals surface area contributed by atoms with Crippen LogP contribution in [0.15, 0.2) is 12.1 Å². The van der Waals surface area contributed by atoms with E-state index in [0.29, 0.717) is 12.1 Å². The molecule has 0 aliphatic heterocycles. The van der Waals surface area contributed by atoms with Crippen LogP contribution in [0.25, 0.3) is 0 Å². The quantitative estimate of drug-likeness (QED) is 0.885. The summed E-state index contributed by atoms with van der Waals surface area (Å²) in [5, 5.41) is 2.38. The highest BCUT2D eigenvalue weighted by atomic mass is 19.1. The van der Waals surface area contributed by atoms with E-state index in [9.17, 15) is 13.6 Å².